The highest BCUT2D eigenvalue weighted by molar-refractivity contribution is 5.62. The van der Waals surface area contributed by atoms with Gasteiger partial charge in [0.1, 0.15) is 0 Å². The van der Waals surface area contributed by atoms with Gasteiger partial charge < -0.3 is 4.90 Å². The van der Waals surface area contributed by atoms with Gasteiger partial charge in [0.05, 0.1) is 5.69 Å². The number of nitrogens with one attached hydrogen (secondary N) is 1. The molecule has 0 aliphatic rings. The molecule has 0 aliphatic carbocycles. The Kier molecular flexibility index (Phi) is 3.25. The third kappa shape index (κ3) is 2.08. The highest BCUT2D eigenvalue weighted by Gasteiger charge is 2.02. The number of anilines is 1. The number of aromatic amines is 1. The summed E-state index contributed by atoms with van der Waals surface area (Å²) in [5, 5.41) is 6.92. The van der Waals surface area contributed by atoms with Gasteiger partial charge >= 0.3 is 0 Å². The lowest BCUT2D eigenvalue weighted by molar-refractivity contribution is 0.866. The molecule has 1 N–H and O–H groups in total. The fraction of sp³-hybridized carbons (Fsp3) is 0.308. The molecule has 0 amide bonds. The molecule has 0 bridgehead atoms. The molecular weight excluding hydrogens is 198 g/mol. The molecule has 0 aliphatic heterocycles. The summed E-state index contributed by atoms with van der Waals surface area (Å²) in [6, 6.07) is 10.5. The molecule has 0 fully saturated rings. The number of hydrogen-bond acceptors (Lipinski definition) is 2. The van der Waals surface area contributed by atoms with Gasteiger partial charge in [-0.2, -0.15) is 5.10 Å². The molecule has 0 saturated carbocycles. The number of nitrogens with zero attached hydrogens (tertiary/aromatic N) is 2. The van der Waals surface area contributed by atoms with E-state index in [2.05, 4.69) is 53.2 Å². The fourth-order valence-electron chi connectivity index (χ4n) is 1.86. The Bertz CT molecular complexity index is 413. The summed E-state index contributed by atoms with van der Waals surface area (Å²) >= 11 is 0. The van der Waals surface area contributed by atoms with Gasteiger partial charge in [0.2, 0.25) is 0 Å². The van der Waals surface area contributed by atoms with E-state index in [9.17, 15) is 0 Å². The second-order valence-corrected chi connectivity index (χ2v) is 3.69. The van der Waals surface area contributed by atoms with Crippen molar-refractivity contribution in [2.24, 2.45) is 0 Å². The molecule has 3 nitrogen and oxygen atoms in total. The summed E-state index contributed by atoms with van der Waals surface area (Å²) in [5.41, 5.74) is 3.51. The average molecular weight is 215 g/mol. The van der Waals surface area contributed by atoms with E-state index in [1.807, 2.05) is 6.07 Å². The van der Waals surface area contributed by atoms with Gasteiger partial charge in [0, 0.05) is 25.0 Å². The molecular formula is C13H17N3. The Morgan fingerprint density at radius 1 is 1.06 bits per heavy atom. The van der Waals surface area contributed by atoms with Crippen LogP contribution in [0, 0.1) is 0 Å². The molecule has 16 heavy (non-hydrogen) atoms. The van der Waals surface area contributed by atoms with Crippen LogP contribution in [0.5, 0.6) is 0 Å². The summed E-state index contributed by atoms with van der Waals surface area (Å²) in [5.74, 6) is 0. The van der Waals surface area contributed by atoms with Crippen molar-refractivity contribution in [3.8, 4) is 11.3 Å². The molecule has 0 spiro atoms. The average Bonchev–Trinajstić information content (AvgIpc) is 2.85. The van der Waals surface area contributed by atoms with Crippen LogP contribution in [0.2, 0.25) is 0 Å². The topological polar surface area (TPSA) is 31.9 Å². The molecule has 0 radical (unpaired) electrons. The monoisotopic (exact) mass is 215 g/mol. The minimum atomic E-state index is 1.04. The number of hydrogen-bond donors (Lipinski definition) is 1. The first-order chi connectivity index (χ1) is 7.85. The summed E-state index contributed by atoms with van der Waals surface area (Å²) in [6.07, 6.45) is 1.77. The van der Waals surface area contributed by atoms with Crippen molar-refractivity contribution in [3.05, 3.63) is 36.5 Å². The number of H-pyrrole nitrogens is 1. The molecule has 2 rings (SSSR count). The van der Waals surface area contributed by atoms with E-state index >= 15 is 0 Å². The van der Waals surface area contributed by atoms with Crippen molar-refractivity contribution in [2.45, 2.75) is 13.8 Å². The molecule has 0 unspecified atom stereocenters. The van der Waals surface area contributed by atoms with Crippen LogP contribution < -0.4 is 4.90 Å². The van der Waals surface area contributed by atoms with Gasteiger partial charge in [-0.25, -0.2) is 0 Å². The van der Waals surface area contributed by atoms with E-state index in [1.165, 1.54) is 11.3 Å². The molecule has 1 aromatic heterocycles. The smallest absolute Gasteiger partial charge is 0.0650 e. The molecule has 0 atom stereocenters. The zero-order valence-corrected chi connectivity index (χ0v) is 9.77. The Morgan fingerprint density at radius 3 is 2.25 bits per heavy atom. The van der Waals surface area contributed by atoms with Gasteiger partial charge in [-0.3, -0.25) is 5.10 Å². The number of rotatable bonds is 4. The van der Waals surface area contributed by atoms with Crippen LogP contribution in [0.15, 0.2) is 36.5 Å². The largest absolute Gasteiger partial charge is 0.372 e. The van der Waals surface area contributed by atoms with Crippen LogP contribution in [0.3, 0.4) is 0 Å². The third-order valence-electron chi connectivity index (χ3n) is 2.81. The third-order valence-corrected chi connectivity index (χ3v) is 2.81. The van der Waals surface area contributed by atoms with Crippen molar-refractivity contribution in [3.63, 3.8) is 0 Å². The summed E-state index contributed by atoms with van der Waals surface area (Å²) in [6.45, 7) is 6.43. The molecule has 1 aromatic carbocycles. The summed E-state index contributed by atoms with van der Waals surface area (Å²) < 4.78 is 0. The van der Waals surface area contributed by atoms with E-state index in [0.717, 1.165) is 18.8 Å². The lowest BCUT2D eigenvalue weighted by atomic mass is 10.1. The van der Waals surface area contributed by atoms with Crippen LogP contribution in [0.1, 0.15) is 13.8 Å². The zero-order valence-electron chi connectivity index (χ0n) is 9.77. The van der Waals surface area contributed by atoms with Gasteiger partial charge in [-0.05, 0) is 37.6 Å². The Labute approximate surface area is 96.1 Å². The zero-order chi connectivity index (χ0) is 11.4. The second-order valence-electron chi connectivity index (χ2n) is 3.69. The van der Waals surface area contributed by atoms with Crippen LogP contribution in [0.4, 0.5) is 5.69 Å². The maximum atomic E-state index is 3.95. The van der Waals surface area contributed by atoms with Gasteiger partial charge in [0.15, 0.2) is 0 Å². The van der Waals surface area contributed by atoms with Crippen molar-refractivity contribution in [1.29, 1.82) is 0 Å². The van der Waals surface area contributed by atoms with Gasteiger partial charge in [-0.15, -0.1) is 0 Å². The van der Waals surface area contributed by atoms with Crippen LogP contribution in [-0.2, 0) is 0 Å². The van der Waals surface area contributed by atoms with Crippen molar-refractivity contribution >= 4 is 5.69 Å². The fourth-order valence-corrected chi connectivity index (χ4v) is 1.86. The van der Waals surface area contributed by atoms with E-state index in [-0.39, 0.29) is 0 Å². The Morgan fingerprint density at radius 2 is 1.75 bits per heavy atom. The predicted octanol–water partition coefficient (Wildman–Crippen LogP) is 2.92. The van der Waals surface area contributed by atoms with Crippen molar-refractivity contribution in [2.75, 3.05) is 18.0 Å². The standard InChI is InChI=1S/C13H17N3/c1-3-16(4-2)12-7-5-11(6-8-12)13-9-10-14-15-13/h5-10H,3-4H2,1-2H3,(H,14,15). The quantitative estimate of drug-likeness (QED) is 0.850. The van der Waals surface area contributed by atoms with E-state index in [1.54, 1.807) is 6.20 Å². The lowest BCUT2D eigenvalue weighted by Crippen LogP contribution is -2.21. The maximum Gasteiger partial charge on any atom is 0.0650 e. The first kappa shape index (κ1) is 10.7. The maximum absolute atomic E-state index is 3.95. The molecule has 1 heterocycles. The van der Waals surface area contributed by atoms with Crippen molar-refractivity contribution in [1.82, 2.24) is 10.2 Å². The minimum absolute atomic E-state index is 1.04. The molecule has 0 saturated heterocycles. The highest BCUT2D eigenvalue weighted by atomic mass is 15.1. The number of aromatic nitrogens is 2. The first-order valence-electron chi connectivity index (χ1n) is 5.70. The van der Waals surface area contributed by atoms with E-state index in [0.29, 0.717) is 0 Å². The Balaban J connectivity index is 2.22. The SMILES string of the molecule is CCN(CC)c1ccc(-c2ccn[nH]2)cc1. The Hall–Kier alpha value is -1.77. The minimum Gasteiger partial charge on any atom is -0.372 e. The lowest BCUT2D eigenvalue weighted by Gasteiger charge is -2.20. The molecule has 84 valence electrons. The van der Waals surface area contributed by atoms with Gasteiger partial charge in [-0.1, -0.05) is 12.1 Å². The van der Waals surface area contributed by atoms with E-state index < -0.39 is 0 Å². The van der Waals surface area contributed by atoms with Crippen LogP contribution >= 0.6 is 0 Å². The summed E-state index contributed by atoms with van der Waals surface area (Å²) in [4.78, 5) is 2.33. The van der Waals surface area contributed by atoms with Crippen LogP contribution in [-0.4, -0.2) is 23.3 Å². The number of benzene rings is 1. The van der Waals surface area contributed by atoms with Crippen molar-refractivity contribution < 1.29 is 0 Å². The van der Waals surface area contributed by atoms with E-state index in [4.69, 9.17) is 0 Å². The second kappa shape index (κ2) is 4.84. The highest BCUT2D eigenvalue weighted by Crippen LogP contribution is 2.21. The normalized spacial score (nSPS) is 10.4. The predicted molar refractivity (Wildman–Crippen MR) is 67.6 cm³/mol. The summed E-state index contributed by atoms with van der Waals surface area (Å²) in [7, 11) is 0. The molecule has 3 heteroatoms. The molecule has 2 aromatic rings. The van der Waals surface area contributed by atoms with Gasteiger partial charge in [0.25, 0.3) is 0 Å². The first-order valence-corrected chi connectivity index (χ1v) is 5.70. The van der Waals surface area contributed by atoms with Crippen LogP contribution in [0.25, 0.3) is 11.3 Å².